The van der Waals surface area contributed by atoms with E-state index >= 15 is 0 Å². The van der Waals surface area contributed by atoms with E-state index in [2.05, 4.69) is 5.32 Å². The van der Waals surface area contributed by atoms with Crippen LogP contribution in [0.1, 0.15) is 49.2 Å². The van der Waals surface area contributed by atoms with Crippen LogP contribution in [0.2, 0.25) is 0 Å². The van der Waals surface area contributed by atoms with Crippen LogP contribution in [0.15, 0.2) is 10.5 Å². The van der Waals surface area contributed by atoms with Crippen molar-refractivity contribution in [3.8, 4) is 0 Å². The highest BCUT2D eigenvalue weighted by Crippen LogP contribution is 2.32. The summed E-state index contributed by atoms with van der Waals surface area (Å²) in [6, 6.07) is 1.93. The Kier molecular flexibility index (Phi) is 3.76. The van der Waals surface area contributed by atoms with Crippen LogP contribution in [0.4, 0.5) is 0 Å². The first-order valence-electron chi connectivity index (χ1n) is 6.53. The smallest absolute Gasteiger partial charge is 0.223 e. The number of rotatable bonds is 4. The number of furan rings is 1. The molecule has 1 fully saturated rings. The minimum absolute atomic E-state index is 0.0855. The number of hydrogen-bond donors (Lipinski definition) is 2. The number of aliphatic hydroxyl groups is 1. The lowest BCUT2D eigenvalue weighted by Crippen LogP contribution is -2.34. The summed E-state index contributed by atoms with van der Waals surface area (Å²) in [5.41, 5.74) is 0.227. The van der Waals surface area contributed by atoms with Crippen LogP contribution in [-0.2, 0) is 11.3 Å². The molecular formula is C14H21NO3. The Balaban J connectivity index is 1.83. The van der Waals surface area contributed by atoms with Crippen molar-refractivity contribution < 1.29 is 14.3 Å². The molecule has 0 saturated heterocycles. The van der Waals surface area contributed by atoms with E-state index in [0.717, 1.165) is 42.8 Å². The van der Waals surface area contributed by atoms with Crippen molar-refractivity contribution in [3.05, 3.63) is 23.2 Å². The molecule has 2 rings (SSSR count). The van der Waals surface area contributed by atoms with Crippen molar-refractivity contribution in [1.82, 2.24) is 5.32 Å². The van der Waals surface area contributed by atoms with Gasteiger partial charge in [0.2, 0.25) is 5.91 Å². The van der Waals surface area contributed by atoms with E-state index in [1.54, 1.807) is 0 Å². The summed E-state index contributed by atoms with van der Waals surface area (Å²) in [7, 11) is 0. The summed E-state index contributed by atoms with van der Waals surface area (Å²) in [6.45, 7) is 4.25. The number of hydrogen-bond acceptors (Lipinski definition) is 3. The lowest BCUT2D eigenvalue weighted by atomic mass is 9.97. The summed E-state index contributed by atoms with van der Waals surface area (Å²) in [6.07, 6.45) is 3.73. The quantitative estimate of drug-likeness (QED) is 0.862. The van der Waals surface area contributed by atoms with Crippen LogP contribution in [-0.4, -0.2) is 16.6 Å². The number of carbonyl (C=O) groups excluding carboxylic acids is 1. The number of carbonyl (C=O) groups is 1. The second kappa shape index (κ2) is 5.14. The Hall–Kier alpha value is -1.29. The van der Waals surface area contributed by atoms with E-state index in [0.29, 0.717) is 6.54 Å². The normalized spacial score (nSPS) is 17.9. The Bertz CT molecular complexity index is 430. The van der Waals surface area contributed by atoms with Gasteiger partial charge in [0, 0.05) is 12.1 Å². The van der Waals surface area contributed by atoms with Crippen LogP contribution in [0.25, 0.3) is 0 Å². The van der Waals surface area contributed by atoms with Gasteiger partial charge in [-0.2, -0.15) is 0 Å². The predicted molar refractivity (Wildman–Crippen MR) is 68.1 cm³/mol. The third-order valence-corrected chi connectivity index (χ3v) is 3.64. The zero-order chi connectivity index (χ0) is 13.2. The molecule has 1 aromatic heterocycles. The number of amides is 1. The van der Waals surface area contributed by atoms with Gasteiger partial charge in [-0.15, -0.1) is 0 Å². The summed E-state index contributed by atoms with van der Waals surface area (Å²) in [4.78, 5) is 11.8. The lowest BCUT2D eigenvalue weighted by Gasteiger charge is -2.21. The van der Waals surface area contributed by atoms with Crippen LogP contribution < -0.4 is 5.32 Å². The second-order valence-electron chi connectivity index (χ2n) is 5.32. The fourth-order valence-corrected chi connectivity index (χ4v) is 2.62. The van der Waals surface area contributed by atoms with Crippen molar-refractivity contribution in [2.75, 3.05) is 0 Å². The van der Waals surface area contributed by atoms with Crippen LogP contribution in [0.5, 0.6) is 0 Å². The SMILES string of the molecule is Cc1cc(CNC(=O)CC2(O)CCCC2)c(C)o1. The zero-order valence-corrected chi connectivity index (χ0v) is 11.1. The Morgan fingerprint density at radius 1 is 1.44 bits per heavy atom. The first-order chi connectivity index (χ1) is 8.48. The molecular weight excluding hydrogens is 230 g/mol. The maximum absolute atomic E-state index is 11.8. The van der Waals surface area contributed by atoms with Gasteiger partial charge >= 0.3 is 0 Å². The molecule has 1 saturated carbocycles. The van der Waals surface area contributed by atoms with Crippen molar-refractivity contribution in [1.29, 1.82) is 0 Å². The zero-order valence-electron chi connectivity index (χ0n) is 11.1. The van der Waals surface area contributed by atoms with E-state index in [-0.39, 0.29) is 12.3 Å². The molecule has 0 aliphatic heterocycles. The second-order valence-corrected chi connectivity index (χ2v) is 5.32. The standard InChI is InChI=1S/C14H21NO3/c1-10-7-12(11(2)18-10)9-15-13(16)8-14(17)5-3-4-6-14/h7,17H,3-6,8-9H2,1-2H3,(H,15,16). The molecule has 1 aliphatic carbocycles. The number of nitrogens with one attached hydrogen (secondary N) is 1. The van der Waals surface area contributed by atoms with Gasteiger partial charge in [-0.3, -0.25) is 4.79 Å². The molecule has 1 amide bonds. The topological polar surface area (TPSA) is 62.5 Å². The van der Waals surface area contributed by atoms with Crippen molar-refractivity contribution in [3.63, 3.8) is 0 Å². The van der Waals surface area contributed by atoms with Gasteiger partial charge in [0.15, 0.2) is 0 Å². The summed E-state index contributed by atoms with van der Waals surface area (Å²) < 4.78 is 5.40. The molecule has 2 N–H and O–H groups in total. The molecule has 0 unspecified atom stereocenters. The minimum Gasteiger partial charge on any atom is -0.466 e. The highest BCUT2D eigenvalue weighted by molar-refractivity contribution is 5.77. The Labute approximate surface area is 107 Å². The molecule has 100 valence electrons. The molecule has 1 aliphatic rings. The predicted octanol–water partition coefficient (Wildman–Crippen LogP) is 2.21. The van der Waals surface area contributed by atoms with Gasteiger partial charge in [-0.25, -0.2) is 0 Å². The molecule has 1 heterocycles. The van der Waals surface area contributed by atoms with E-state index in [9.17, 15) is 9.90 Å². The first kappa shape index (κ1) is 13.1. The summed E-state index contributed by atoms with van der Waals surface area (Å²) >= 11 is 0. The molecule has 0 aromatic carbocycles. The van der Waals surface area contributed by atoms with E-state index in [4.69, 9.17) is 4.42 Å². The van der Waals surface area contributed by atoms with Gasteiger partial charge in [0.25, 0.3) is 0 Å². The van der Waals surface area contributed by atoms with Gasteiger partial charge in [0.05, 0.1) is 12.0 Å². The largest absolute Gasteiger partial charge is 0.466 e. The molecule has 4 nitrogen and oxygen atoms in total. The Morgan fingerprint density at radius 2 is 2.11 bits per heavy atom. The fourth-order valence-electron chi connectivity index (χ4n) is 2.62. The molecule has 1 aromatic rings. The highest BCUT2D eigenvalue weighted by Gasteiger charge is 2.33. The minimum atomic E-state index is -0.772. The van der Waals surface area contributed by atoms with Crippen LogP contribution in [0, 0.1) is 13.8 Å². The van der Waals surface area contributed by atoms with Gasteiger partial charge in [-0.05, 0) is 32.8 Å². The monoisotopic (exact) mass is 251 g/mol. The van der Waals surface area contributed by atoms with Gasteiger partial charge in [0.1, 0.15) is 11.5 Å². The third kappa shape index (κ3) is 3.13. The average molecular weight is 251 g/mol. The number of aryl methyl sites for hydroxylation is 2. The van der Waals surface area contributed by atoms with E-state index in [1.807, 2.05) is 19.9 Å². The molecule has 0 spiro atoms. The van der Waals surface area contributed by atoms with E-state index in [1.165, 1.54) is 0 Å². The summed E-state index contributed by atoms with van der Waals surface area (Å²) in [5, 5.41) is 13.0. The molecule has 18 heavy (non-hydrogen) atoms. The highest BCUT2D eigenvalue weighted by atomic mass is 16.3. The average Bonchev–Trinajstić information content (AvgIpc) is 2.82. The molecule has 4 heteroatoms. The fraction of sp³-hybridized carbons (Fsp3) is 0.643. The van der Waals surface area contributed by atoms with Crippen molar-refractivity contribution in [2.24, 2.45) is 0 Å². The molecule has 0 bridgehead atoms. The lowest BCUT2D eigenvalue weighted by molar-refractivity contribution is -0.126. The van der Waals surface area contributed by atoms with Crippen LogP contribution >= 0.6 is 0 Å². The van der Waals surface area contributed by atoms with Crippen molar-refractivity contribution >= 4 is 5.91 Å². The third-order valence-electron chi connectivity index (χ3n) is 3.64. The van der Waals surface area contributed by atoms with Gasteiger partial charge in [-0.1, -0.05) is 12.8 Å². The van der Waals surface area contributed by atoms with Gasteiger partial charge < -0.3 is 14.8 Å². The maximum atomic E-state index is 11.8. The Morgan fingerprint density at radius 3 is 2.67 bits per heavy atom. The van der Waals surface area contributed by atoms with E-state index < -0.39 is 5.60 Å². The maximum Gasteiger partial charge on any atom is 0.223 e. The molecule has 0 atom stereocenters. The van der Waals surface area contributed by atoms with Crippen molar-refractivity contribution in [2.45, 2.75) is 58.1 Å². The first-order valence-corrected chi connectivity index (χ1v) is 6.53. The summed E-state index contributed by atoms with van der Waals surface area (Å²) in [5.74, 6) is 1.61. The molecule has 0 radical (unpaired) electrons. The van der Waals surface area contributed by atoms with Crippen LogP contribution in [0.3, 0.4) is 0 Å².